The minimum atomic E-state index is -1.02. The van der Waals surface area contributed by atoms with Crippen LogP contribution in [0.25, 0.3) is 0 Å². The first-order valence-electron chi connectivity index (χ1n) is 14.1. The maximum Gasteiger partial charge on any atom is 0.335 e. The second-order valence-electron chi connectivity index (χ2n) is 10.7. The minimum absolute atomic E-state index is 0.0991. The maximum atomic E-state index is 13.9. The van der Waals surface area contributed by atoms with Crippen LogP contribution in [0.2, 0.25) is 0 Å². The summed E-state index contributed by atoms with van der Waals surface area (Å²) < 4.78 is 12.6. The van der Waals surface area contributed by atoms with Crippen molar-refractivity contribution in [3.8, 4) is 11.5 Å². The molecule has 2 fully saturated rings. The highest BCUT2D eigenvalue weighted by Crippen LogP contribution is 2.38. The first-order chi connectivity index (χ1) is 20.3. The van der Waals surface area contributed by atoms with Crippen molar-refractivity contribution in [2.45, 2.75) is 50.8 Å². The molecule has 1 aliphatic carbocycles. The molecule has 0 radical (unpaired) electrons. The van der Waals surface area contributed by atoms with Gasteiger partial charge in [0.15, 0.2) is 5.78 Å². The number of carbonyl (C=O) groups excluding carboxylic acids is 2. The molecule has 1 saturated heterocycles. The Bertz CT molecular complexity index is 1450. The fourth-order valence-electron chi connectivity index (χ4n) is 5.93. The molecule has 5 rings (SSSR count). The largest absolute Gasteiger partial charge is 0.495 e. The third-order valence-corrected chi connectivity index (χ3v) is 8.68. The van der Waals surface area contributed by atoms with E-state index in [4.69, 9.17) is 9.47 Å². The van der Waals surface area contributed by atoms with Crippen molar-refractivity contribution >= 4 is 45.1 Å². The van der Waals surface area contributed by atoms with Gasteiger partial charge in [-0.3, -0.25) is 9.69 Å². The number of aromatic carboxylic acids is 1. The molecule has 9 nitrogen and oxygen atoms in total. The topological polar surface area (TPSA) is 117 Å². The molecule has 3 N–H and O–H groups in total. The smallest absolute Gasteiger partial charge is 0.335 e. The van der Waals surface area contributed by atoms with Crippen LogP contribution in [0.3, 0.4) is 0 Å². The van der Waals surface area contributed by atoms with Crippen molar-refractivity contribution in [1.82, 2.24) is 4.90 Å². The van der Waals surface area contributed by atoms with E-state index >= 15 is 0 Å². The van der Waals surface area contributed by atoms with E-state index in [2.05, 4.69) is 31.5 Å². The van der Waals surface area contributed by atoms with Crippen molar-refractivity contribution in [1.29, 1.82) is 0 Å². The molecule has 0 bridgehead atoms. The van der Waals surface area contributed by atoms with Gasteiger partial charge in [0, 0.05) is 23.5 Å². The van der Waals surface area contributed by atoms with Gasteiger partial charge in [0.2, 0.25) is 6.23 Å². The number of amides is 2. The highest BCUT2D eigenvalue weighted by molar-refractivity contribution is 9.10. The fraction of sp³-hybridized carbons (Fsp3) is 0.344. The SMILES string of the molecule is COc1cc(CC(=O)C(Oc2ccc(C(=O)O)cc2)N2CCC3CCCCC32)ccc1NC(=O)Nc1ccccc1Br. The molecular weight excluding hydrogens is 602 g/mol. The van der Waals surface area contributed by atoms with Crippen LogP contribution in [0.4, 0.5) is 16.2 Å². The molecule has 0 aromatic heterocycles. The van der Waals surface area contributed by atoms with E-state index in [1.807, 2.05) is 18.2 Å². The zero-order valence-electron chi connectivity index (χ0n) is 23.3. The predicted molar refractivity (Wildman–Crippen MR) is 163 cm³/mol. The van der Waals surface area contributed by atoms with Crippen LogP contribution in [0.1, 0.15) is 48.0 Å². The highest BCUT2D eigenvalue weighted by atomic mass is 79.9. The van der Waals surface area contributed by atoms with Crippen LogP contribution >= 0.6 is 15.9 Å². The predicted octanol–water partition coefficient (Wildman–Crippen LogP) is 6.58. The van der Waals surface area contributed by atoms with Crippen molar-refractivity contribution in [3.05, 3.63) is 82.3 Å². The Balaban J connectivity index is 1.32. The molecule has 1 saturated carbocycles. The Morgan fingerprint density at radius 2 is 1.71 bits per heavy atom. The summed E-state index contributed by atoms with van der Waals surface area (Å²) in [6.45, 7) is 0.776. The number of benzene rings is 3. The van der Waals surface area contributed by atoms with Crippen LogP contribution in [-0.2, 0) is 11.2 Å². The lowest BCUT2D eigenvalue weighted by molar-refractivity contribution is -0.135. The van der Waals surface area contributed by atoms with Gasteiger partial charge in [0.05, 0.1) is 24.0 Å². The third-order valence-electron chi connectivity index (χ3n) is 7.99. The van der Waals surface area contributed by atoms with Gasteiger partial charge in [-0.2, -0.15) is 0 Å². The first kappa shape index (κ1) is 29.6. The molecule has 2 amide bonds. The molecule has 0 spiro atoms. The Kier molecular flexibility index (Phi) is 9.44. The second kappa shape index (κ2) is 13.4. The van der Waals surface area contributed by atoms with E-state index in [1.54, 1.807) is 36.4 Å². The van der Waals surface area contributed by atoms with Gasteiger partial charge in [-0.05, 0) is 95.2 Å². The normalized spacial score (nSPS) is 18.9. The summed E-state index contributed by atoms with van der Waals surface area (Å²) in [5, 5.41) is 14.9. The molecule has 3 atom stereocenters. The number of anilines is 2. The van der Waals surface area contributed by atoms with Crippen molar-refractivity contribution < 1.29 is 29.0 Å². The van der Waals surface area contributed by atoms with Gasteiger partial charge in [-0.15, -0.1) is 0 Å². The van der Waals surface area contributed by atoms with Crippen LogP contribution in [0, 0.1) is 5.92 Å². The second-order valence-corrected chi connectivity index (χ2v) is 11.5. The number of para-hydroxylation sites is 1. The number of carboxylic acid groups (broad SMARTS) is 1. The quantitative estimate of drug-likeness (QED) is 0.230. The standard InChI is InChI=1S/C32H34BrN3O6/c1-41-29-19-20(10-15-26(29)35-32(40)34-25-8-4-3-7-24(25)33)18-28(37)30(36-17-16-21-6-2-5-9-27(21)36)42-23-13-11-22(12-14-23)31(38)39/h3-4,7-8,10-15,19,21,27,30H,2,5-6,9,16-18H2,1H3,(H,38,39)(H2,34,35,40). The molecule has 3 aromatic carbocycles. The molecule has 10 heteroatoms. The minimum Gasteiger partial charge on any atom is -0.495 e. The summed E-state index contributed by atoms with van der Waals surface area (Å²) in [6.07, 6.45) is 4.88. The van der Waals surface area contributed by atoms with Crippen LogP contribution < -0.4 is 20.1 Å². The lowest BCUT2D eigenvalue weighted by atomic mass is 9.85. The van der Waals surface area contributed by atoms with Gasteiger partial charge in [0.25, 0.3) is 0 Å². The van der Waals surface area contributed by atoms with E-state index in [-0.39, 0.29) is 23.8 Å². The number of carbonyl (C=O) groups is 3. The zero-order chi connectivity index (χ0) is 29.6. The van der Waals surface area contributed by atoms with Gasteiger partial charge >= 0.3 is 12.0 Å². The zero-order valence-corrected chi connectivity index (χ0v) is 24.9. The number of fused-ring (bicyclic) bond motifs is 1. The summed E-state index contributed by atoms with van der Waals surface area (Å²) in [5.74, 6) is 0.317. The summed E-state index contributed by atoms with van der Waals surface area (Å²) in [6, 6.07) is 18.6. The van der Waals surface area contributed by atoms with Crippen molar-refractivity contribution in [2.75, 3.05) is 24.3 Å². The number of halogens is 1. The van der Waals surface area contributed by atoms with Crippen molar-refractivity contribution in [3.63, 3.8) is 0 Å². The lowest BCUT2D eigenvalue weighted by Gasteiger charge is -2.36. The van der Waals surface area contributed by atoms with Gasteiger partial charge < -0.3 is 25.2 Å². The number of methoxy groups -OCH3 is 1. The molecule has 3 aromatic rings. The molecular formula is C32H34BrN3O6. The number of urea groups is 1. The number of nitrogens with zero attached hydrogens (tertiary/aromatic N) is 1. The monoisotopic (exact) mass is 635 g/mol. The number of ketones is 1. The average Bonchev–Trinajstić information content (AvgIpc) is 3.42. The van der Waals surface area contributed by atoms with Crippen LogP contribution in [-0.4, -0.2) is 53.7 Å². The van der Waals surface area contributed by atoms with Gasteiger partial charge in [-0.25, -0.2) is 9.59 Å². The van der Waals surface area contributed by atoms with E-state index < -0.39 is 18.2 Å². The van der Waals surface area contributed by atoms with E-state index in [9.17, 15) is 19.5 Å². The molecule has 1 aliphatic heterocycles. The lowest BCUT2D eigenvalue weighted by Crippen LogP contribution is -2.50. The molecule has 2 aliphatic rings. The number of rotatable bonds is 10. The number of hydrogen-bond donors (Lipinski definition) is 3. The Labute approximate surface area is 253 Å². The first-order valence-corrected chi connectivity index (χ1v) is 14.9. The number of ether oxygens (including phenoxy) is 2. The Morgan fingerprint density at radius 1 is 0.976 bits per heavy atom. The van der Waals surface area contributed by atoms with E-state index in [1.165, 1.54) is 25.7 Å². The van der Waals surface area contributed by atoms with Gasteiger partial charge in [-0.1, -0.05) is 31.0 Å². The van der Waals surface area contributed by atoms with Crippen LogP contribution in [0.5, 0.6) is 11.5 Å². The summed E-state index contributed by atoms with van der Waals surface area (Å²) in [4.78, 5) is 40.0. The Hall–Kier alpha value is -3.89. The third kappa shape index (κ3) is 6.94. The van der Waals surface area contributed by atoms with Crippen molar-refractivity contribution in [2.24, 2.45) is 5.92 Å². The number of hydrogen-bond acceptors (Lipinski definition) is 6. The van der Waals surface area contributed by atoms with E-state index in [0.717, 1.165) is 42.3 Å². The molecule has 3 unspecified atom stereocenters. The average molecular weight is 637 g/mol. The number of carboxylic acids is 1. The summed E-state index contributed by atoms with van der Waals surface area (Å²) >= 11 is 3.42. The summed E-state index contributed by atoms with van der Waals surface area (Å²) in [5.41, 5.74) is 1.98. The highest BCUT2D eigenvalue weighted by Gasteiger charge is 2.42. The Morgan fingerprint density at radius 3 is 2.45 bits per heavy atom. The number of Topliss-reactive ketones (excluding diaryl/α,β-unsaturated/α-hetero) is 1. The van der Waals surface area contributed by atoms with E-state index in [0.29, 0.717) is 28.8 Å². The maximum absolute atomic E-state index is 13.9. The van der Waals surface area contributed by atoms with Gasteiger partial charge in [0.1, 0.15) is 11.5 Å². The summed E-state index contributed by atoms with van der Waals surface area (Å²) in [7, 11) is 1.51. The molecule has 42 heavy (non-hydrogen) atoms. The molecule has 220 valence electrons. The fourth-order valence-corrected chi connectivity index (χ4v) is 6.32. The molecule has 1 heterocycles. The number of nitrogens with one attached hydrogen (secondary N) is 2. The van der Waals surface area contributed by atoms with Crippen LogP contribution in [0.15, 0.2) is 71.2 Å². The number of likely N-dealkylation sites (tertiary alicyclic amines) is 1.